The van der Waals surface area contributed by atoms with Crippen molar-refractivity contribution in [3.05, 3.63) is 93.9 Å². The lowest BCUT2D eigenvalue weighted by molar-refractivity contribution is -0.119. The maximum absolute atomic E-state index is 13.4. The lowest BCUT2D eigenvalue weighted by Gasteiger charge is -2.16. The predicted molar refractivity (Wildman–Crippen MR) is 121 cm³/mol. The van der Waals surface area contributed by atoms with Gasteiger partial charge in [-0.3, -0.25) is 9.59 Å². The fraction of sp³-hybridized carbons (Fsp3) is 0.0833. The fourth-order valence-electron chi connectivity index (χ4n) is 3.18. The molecule has 0 saturated heterocycles. The van der Waals surface area contributed by atoms with Gasteiger partial charge in [-0.05, 0) is 48.9 Å². The minimum atomic E-state index is -0.358. The number of rotatable bonds is 5. The number of nitrogens with zero attached hydrogens (tertiary/aromatic N) is 1. The van der Waals surface area contributed by atoms with Crippen LogP contribution in [0.4, 0.5) is 5.69 Å². The summed E-state index contributed by atoms with van der Waals surface area (Å²) in [6.45, 7) is 1.98. The number of aryl methyl sites for hydroxylation is 1. The summed E-state index contributed by atoms with van der Waals surface area (Å²) in [5, 5.41) is 0.610. The maximum Gasteiger partial charge on any atom is 0.272 e. The molecule has 30 heavy (non-hydrogen) atoms. The van der Waals surface area contributed by atoms with Crippen LogP contribution in [0.3, 0.4) is 0 Å². The zero-order valence-corrected chi connectivity index (χ0v) is 18.0. The van der Waals surface area contributed by atoms with Crippen LogP contribution in [-0.2, 0) is 9.59 Å². The summed E-state index contributed by atoms with van der Waals surface area (Å²) in [5.41, 5.74) is 2.65. The molecule has 1 heterocycles. The Labute approximate surface area is 184 Å². The minimum Gasteiger partial charge on any atom is -0.497 e. The van der Waals surface area contributed by atoms with Crippen LogP contribution < -0.4 is 9.64 Å². The van der Waals surface area contributed by atoms with E-state index in [9.17, 15) is 9.59 Å². The first-order valence-corrected chi connectivity index (χ1v) is 10.4. The van der Waals surface area contributed by atoms with Crippen LogP contribution in [0.25, 0.3) is 5.57 Å². The number of imide groups is 1. The van der Waals surface area contributed by atoms with Crippen LogP contribution in [0.2, 0.25) is 5.02 Å². The van der Waals surface area contributed by atoms with Gasteiger partial charge in [0.2, 0.25) is 0 Å². The van der Waals surface area contributed by atoms with Crippen molar-refractivity contribution in [3.63, 3.8) is 0 Å². The van der Waals surface area contributed by atoms with E-state index < -0.39 is 0 Å². The Kier molecular flexibility index (Phi) is 5.66. The number of hydrogen-bond acceptors (Lipinski definition) is 4. The monoisotopic (exact) mass is 435 g/mol. The zero-order valence-electron chi connectivity index (χ0n) is 16.4. The van der Waals surface area contributed by atoms with Crippen molar-refractivity contribution in [2.45, 2.75) is 11.8 Å². The Bertz CT molecular complexity index is 1150. The Morgan fingerprint density at radius 1 is 0.900 bits per heavy atom. The molecule has 1 aliphatic rings. The molecule has 0 atom stereocenters. The molecule has 0 radical (unpaired) electrons. The van der Waals surface area contributed by atoms with E-state index in [0.29, 0.717) is 32.5 Å². The van der Waals surface area contributed by atoms with E-state index in [-0.39, 0.29) is 11.8 Å². The van der Waals surface area contributed by atoms with Gasteiger partial charge in [0.25, 0.3) is 11.8 Å². The molecule has 4 rings (SSSR count). The molecule has 3 aromatic rings. The van der Waals surface area contributed by atoms with E-state index in [1.165, 1.54) is 16.7 Å². The average molecular weight is 436 g/mol. The number of benzene rings is 3. The number of carbonyl (C=O) groups excluding carboxylic acids is 2. The molecule has 2 amide bonds. The second kappa shape index (κ2) is 8.38. The van der Waals surface area contributed by atoms with Crippen molar-refractivity contribution in [1.29, 1.82) is 0 Å². The number of carbonyl (C=O) groups is 2. The smallest absolute Gasteiger partial charge is 0.272 e. The molecule has 0 bridgehead atoms. The summed E-state index contributed by atoms with van der Waals surface area (Å²) in [6, 6.07) is 21.7. The predicted octanol–water partition coefficient (Wildman–Crippen LogP) is 5.73. The molecular weight excluding hydrogens is 418 g/mol. The summed E-state index contributed by atoms with van der Waals surface area (Å²) in [5.74, 6) is -0.138. The highest BCUT2D eigenvalue weighted by molar-refractivity contribution is 8.04. The Hall–Kier alpha value is -3.02. The van der Waals surface area contributed by atoms with E-state index in [0.717, 1.165) is 10.5 Å². The molecule has 0 spiro atoms. The van der Waals surface area contributed by atoms with E-state index in [4.69, 9.17) is 16.3 Å². The van der Waals surface area contributed by atoms with Crippen LogP contribution >= 0.6 is 23.4 Å². The maximum atomic E-state index is 13.4. The van der Waals surface area contributed by atoms with Gasteiger partial charge >= 0.3 is 0 Å². The third kappa shape index (κ3) is 3.86. The first-order chi connectivity index (χ1) is 14.5. The number of thioether (sulfide) groups is 1. The number of hydrogen-bond donors (Lipinski definition) is 0. The van der Waals surface area contributed by atoms with Crippen LogP contribution in [0, 0.1) is 6.92 Å². The van der Waals surface area contributed by atoms with Crippen molar-refractivity contribution in [2.75, 3.05) is 12.0 Å². The van der Waals surface area contributed by atoms with Gasteiger partial charge < -0.3 is 4.74 Å². The second-order valence-electron chi connectivity index (χ2n) is 6.77. The lowest BCUT2D eigenvalue weighted by Crippen LogP contribution is -2.31. The Morgan fingerprint density at radius 3 is 2.27 bits per heavy atom. The van der Waals surface area contributed by atoms with Gasteiger partial charge in [-0.1, -0.05) is 59.3 Å². The largest absolute Gasteiger partial charge is 0.497 e. The van der Waals surface area contributed by atoms with Crippen LogP contribution in [0.5, 0.6) is 5.75 Å². The van der Waals surface area contributed by atoms with Gasteiger partial charge in [0, 0.05) is 16.0 Å². The van der Waals surface area contributed by atoms with Gasteiger partial charge in [0.1, 0.15) is 5.75 Å². The van der Waals surface area contributed by atoms with Crippen molar-refractivity contribution in [2.24, 2.45) is 0 Å². The topological polar surface area (TPSA) is 46.6 Å². The summed E-state index contributed by atoms with van der Waals surface area (Å²) >= 11 is 7.25. The molecule has 3 aromatic carbocycles. The third-order valence-corrected chi connectivity index (χ3v) is 6.07. The van der Waals surface area contributed by atoms with Gasteiger partial charge in [0.05, 0.1) is 23.3 Å². The first-order valence-electron chi connectivity index (χ1n) is 9.25. The summed E-state index contributed by atoms with van der Waals surface area (Å²) in [7, 11) is 1.55. The molecule has 1 aliphatic heterocycles. The molecule has 6 heteroatoms. The highest BCUT2D eigenvalue weighted by atomic mass is 35.5. The third-order valence-electron chi connectivity index (χ3n) is 4.73. The molecular formula is C24H18ClNO3S. The van der Waals surface area contributed by atoms with Gasteiger partial charge in [-0.2, -0.15) is 0 Å². The van der Waals surface area contributed by atoms with E-state index in [2.05, 4.69) is 0 Å². The van der Waals surface area contributed by atoms with Crippen molar-refractivity contribution in [1.82, 2.24) is 0 Å². The molecule has 150 valence electrons. The molecule has 0 aromatic heterocycles. The fourth-order valence-corrected chi connectivity index (χ4v) is 4.30. The van der Waals surface area contributed by atoms with E-state index >= 15 is 0 Å². The summed E-state index contributed by atoms with van der Waals surface area (Å²) < 4.78 is 5.26. The van der Waals surface area contributed by atoms with Crippen LogP contribution in [0.1, 0.15) is 11.1 Å². The average Bonchev–Trinajstić information content (AvgIpc) is 3.00. The van der Waals surface area contributed by atoms with E-state index in [1.54, 1.807) is 43.5 Å². The standard InChI is InChI=1S/C24H18ClNO3S/c1-15-6-8-16(9-7-15)21-22(30-20-12-10-17(25)11-13-20)24(28)26(23(21)27)18-4-3-5-19(14-18)29-2/h3-14H,1-2H3. The molecule has 0 N–H and O–H groups in total. The Balaban J connectivity index is 1.81. The van der Waals surface area contributed by atoms with Gasteiger partial charge in [-0.15, -0.1) is 0 Å². The Morgan fingerprint density at radius 2 is 1.60 bits per heavy atom. The molecule has 0 fully saturated rings. The number of amides is 2. The van der Waals surface area contributed by atoms with Crippen LogP contribution in [-0.4, -0.2) is 18.9 Å². The summed E-state index contributed by atoms with van der Waals surface area (Å²) in [4.78, 5) is 29.2. The van der Waals surface area contributed by atoms with Crippen LogP contribution in [0.15, 0.2) is 82.6 Å². The highest BCUT2D eigenvalue weighted by Crippen LogP contribution is 2.42. The number of methoxy groups -OCH3 is 1. The minimum absolute atomic E-state index is 0.353. The van der Waals surface area contributed by atoms with Crippen molar-refractivity contribution >= 4 is 46.4 Å². The highest BCUT2D eigenvalue weighted by Gasteiger charge is 2.40. The summed E-state index contributed by atoms with van der Waals surface area (Å²) in [6.07, 6.45) is 0. The normalized spacial score (nSPS) is 13.9. The molecule has 0 saturated carbocycles. The second-order valence-corrected chi connectivity index (χ2v) is 8.29. The number of halogens is 1. The van der Waals surface area contributed by atoms with Crippen molar-refractivity contribution in [3.8, 4) is 5.75 Å². The first kappa shape index (κ1) is 20.3. The quantitative estimate of drug-likeness (QED) is 0.480. The lowest BCUT2D eigenvalue weighted by atomic mass is 10.0. The SMILES string of the molecule is COc1cccc(N2C(=O)C(Sc3ccc(Cl)cc3)=C(c3ccc(C)cc3)C2=O)c1. The number of ether oxygens (including phenoxy) is 1. The van der Waals surface area contributed by atoms with Crippen molar-refractivity contribution < 1.29 is 14.3 Å². The molecule has 4 nitrogen and oxygen atoms in total. The molecule has 0 aliphatic carbocycles. The zero-order chi connectivity index (χ0) is 21.3. The molecule has 0 unspecified atom stereocenters. The number of anilines is 1. The van der Waals surface area contributed by atoms with E-state index in [1.807, 2.05) is 43.3 Å². The van der Waals surface area contributed by atoms with Gasteiger partial charge in [0.15, 0.2) is 0 Å². The van der Waals surface area contributed by atoms with Gasteiger partial charge in [-0.25, -0.2) is 4.90 Å².